The van der Waals surface area contributed by atoms with Crippen molar-refractivity contribution < 1.29 is 8.42 Å². The molecule has 0 fully saturated rings. The van der Waals surface area contributed by atoms with E-state index in [9.17, 15) is 8.42 Å². The zero-order chi connectivity index (χ0) is 14.9. The summed E-state index contributed by atoms with van der Waals surface area (Å²) in [5, 5.41) is 0. The summed E-state index contributed by atoms with van der Waals surface area (Å²) in [4.78, 5) is 8.51. The van der Waals surface area contributed by atoms with Crippen LogP contribution in [0.15, 0.2) is 59.6 Å². The molecule has 0 unspecified atom stereocenters. The van der Waals surface area contributed by atoms with Crippen molar-refractivity contribution in [1.82, 2.24) is 9.97 Å². The van der Waals surface area contributed by atoms with Crippen LogP contribution in [0.3, 0.4) is 0 Å². The number of anilines is 2. The molecular formula is C14H13N4NaO2S. The van der Waals surface area contributed by atoms with Gasteiger partial charge >= 0.3 is 29.6 Å². The van der Waals surface area contributed by atoms with E-state index in [-0.39, 0.29) is 40.3 Å². The molecule has 0 aliphatic heterocycles. The van der Waals surface area contributed by atoms with E-state index in [2.05, 4.69) is 14.7 Å². The van der Waals surface area contributed by atoms with E-state index in [4.69, 9.17) is 5.73 Å². The molecule has 1 aromatic heterocycles. The van der Waals surface area contributed by atoms with Gasteiger partial charge < -0.3 is 5.73 Å². The quantitative estimate of drug-likeness (QED) is 0.560. The van der Waals surface area contributed by atoms with Crippen molar-refractivity contribution in [1.29, 1.82) is 0 Å². The maximum absolute atomic E-state index is 12.2. The first-order valence-electron chi connectivity index (χ1n) is 6.15. The molecule has 0 saturated heterocycles. The molecule has 0 saturated carbocycles. The number of benzene rings is 2. The van der Waals surface area contributed by atoms with E-state index in [0.717, 1.165) is 0 Å². The minimum atomic E-state index is -3.71. The Hall–Kier alpha value is -1.67. The third-order valence-corrected chi connectivity index (χ3v) is 4.25. The van der Waals surface area contributed by atoms with Crippen molar-refractivity contribution in [3.8, 4) is 0 Å². The van der Waals surface area contributed by atoms with E-state index < -0.39 is 10.0 Å². The first kappa shape index (κ1) is 16.7. The average Bonchev–Trinajstić information content (AvgIpc) is 2.47. The zero-order valence-electron chi connectivity index (χ0n) is 10.9. The molecule has 1 heterocycles. The molecule has 22 heavy (non-hydrogen) atoms. The summed E-state index contributed by atoms with van der Waals surface area (Å²) in [7, 11) is -3.71. The predicted octanol–water partition coefficient (Wildman–Crippen LogP) is 1.36. The zero-order valence-corrected chi connectivity index (χ0v) is 11.7. The number of nitrogen functional groups attached to an aromatic ring is 1. The molecule has 0 bridgehead atoms. The SMILES string of the molecule is Nc1ccc(S(=O)(=O)Nc2cnc3ccccc3n2)cc1.[NaH]. The predicted molar refractivity (Wildman–Crippen MR) is 88.3 cm³/mol. The van der Waals surface area contributed by atoms with Gasteiger partial charge in [-0.25, -0.2) is 13.4 Å². The Bertz CT molecular complexity index is 898. The molecule has 0 radical (unpaired) electrons. The van der Waals surface area contributed by atoms with Crippen LogP contribution < -0.4 is 10.5 Å². The molecule has 0 amide bonds. The van der Waals surface area contributed by atoms with Gasteiger partial charge in [-0.3, -0.25) is 9.71 Å². The molecule has 0 atom stereocenters. The monoisotopic (exact) mass is 324 g/mol. The summed E-state index contributed by atoms with van der Waals surface area (Å²) in [5.74, 6) is 0.172. The van der Waals surface area contributed by atoms with E-state index >= 15 is 0 Å². The van der Waals surface area contributed by atoms with Crippen molar-refractivity contribution >= 4 is 62.1 Å². The van der Waals surface area contributed by atoms with E-state index in [0.29, 0.717) is 16.7 Å². The Kier molecular flexibility index (Phi) is 5.02. The van der Waals surface area contributed by atoms with Crippen LogP contribution in [0.25, 0.3) is 11.0 Å². The van der Waals surface area contributed by atoms with Crippen LogP contribution in [0.4, 0.5) is 11.5 Å². The van der Waals surface area contributed by atoms with E-state index in [1.165, 1.54) is 30.5 Å². The Morgan fingerprint density at radius 2 is 1.59 bits per heavy atom. The van der Waals surface area contributed by atoms with Crippen LogP contribution in [0, 0.1) is 0 Å². The maximum atomic E-state index is 12.2. The van der Waals surface area contributed by atoms with Gasteiger partial charge in [0, 0.05) is 5.69 Å². The Morgan fingerprint density at radius 1 is 0.955 bits per heavy atom. The van der Waals surface area contributed by atoms with E-state index in [1.807, 2.05) is 12.1 Å². The number of nitrogens with one attached hydrogen (secondary N) is 1. The van der Waals surface area contributed by atoms with Gasteiger partial charge in [0.15, 0.2) is 5.82 Å². The van der Waals surface area contributed by atoms with Crippen LogP contribution in [0.5, 0.6) is 0 Å². The molecule has 3 rings (SSSR count). The van der Waals surface area contributed by atoms with Gasteiger partial charge in [-0.1, -0.05) is 12.1 Å². The standard InChI is InChI=1S/C14H12N4O2S.Na.H/c15-10-5-7-11(8-6-10)21(19,20)18-14-9-16-12-3-1-2-4-13(12)17-14;;/h1-9H,15H2,(H,17,18);;. The number of nitrogens with two attached hydrogens (primary N) is 1. The van der Waals surface area contributed by atoms with Gasteiger partial charge in [0.1, 0.15) is 0 Å². The number of nitrogens with zero attached hydrogens (tertiary/aromatic N) is 2. The molecule has 3 N–H and O–H groups in total. The van der Waals surface area contributed by atoms with Gasteiger partial charge in [-0.2, -0.15) is 0 Å². The number of fused-ring (bicyclic) bond motifs is 1. The van der Waals surface area contributed by atoms with Crippen LogP contribution in [0.1, 0.15) is 0 Å². The number of rotatable bonds is 3. The van der Waals surface area contributed by atoms with Crippen molar-refractivity contribution in [3.63, 3.8) is 0 Å². The summed E-state index contributed by atoms with van der Waals surface area (Å²) < 4.78 is 26.9. The van der Waals surface area contributed by atoms with Crippen LogP contribution in [-0.2, 0) is 10.0 Å². The van der Waals surface area contributed by atoms with Gasteiger partial charge in [0.2, 0.25) is 0 Å². The third kappa shape index (κ3) is 3.56. The molecule has 3 aromatic rings. The van der Waals surface area contributed by atoms with Crippen LogP contribution in [0.2, 0.25) is 0 Å². The molecule has 2 aromatic carbocycles. The normalized spacial score (nSPS) is 10.9. The second kappa shape index (κ2) is 6.62. The second-order valence-electron chi connectivity index (χ2n) is 4.42. The number of aromatic nitrogens is 2. The Balaban J connectivity index is 0.00000176. The van der Waals surface area contributed by atoms with Crippen molar-refractivity contribution in [3.05, 3.63) is 54.7 Å². The fourth-order valence-electron chi connectivity index (χ4n) is 1.85. The first-order chi connectivity index (χ1) is 10.0. The number of sulfonamides is 1. The van der Waals surface area contributed by atoms with Crippen molar-refractivity contribution in [2.75, 3.05) is 10.5 Å². The Morgan fingerprint density at radius 3 is 2.27 bits per heavy atom. The molecule has 6 nitrogen and oxygen atoms in total. The summed E-state index contributed by atoms with van der Waals surface area (Å²) in [6.45, 7) is 0. The molecular weight excluding hydrogens is 311 g/mol. The third-order valence-electron chi connectivity index (χ3n) is 2.88. The fourth-order valence-corrected chi connectivity index (χ4v) is 2.84. The second-order valence-corrected chi connectivity index (χ2v) is 6.10. The minimum absolute atomic E-state index is 0. The number of para-hydroxylation sites is 2. The molecule has 0 aliphatic rings. The van der Waals surface area contributed by atoms with Crippen LogP contribution >= 0.6 is 0 Å². The summed E-state index contributed by atoms with van der Waals surface area (Å²) in [6, 6.07) is 13.2. The number of hydrogen-bond donors (Lipinski definition) is 2. The van der Waals surface area contributed by atoms with Gasteiger partial charge in [-0.15, -0.1) is 0 Å². The topological polar surface area (TPSA) is 98.0 Å². The summed E-state index contributed by atoms with van der Waals surface area (Å²) >= 11 is 0. The van der Waals surface area contributed by atoms with Gasteiger partial charge in [0.05, 0.1) is 22.1 Å². The summed E-state index contributed by atoms with van der Waals surface area (Å²) in [6.07, 6.45) is 1.39. The average molecular weight is 324 g/mol. The molecule has 0 spiro atoms. The molecule has 108 valence electrons. The summed E-state index contributed by atoms with van der Waals surface area (Å²) in [5.41, 5.74) is 7.37. The fraction of sp³-hybridized carbons (Fsp3) is 0. The van der Waals surface area contributed by atoms with Crippen LogP contribution in [-0.4, -0.2) is 47.9 Å². The van der Waals surface area contributed by atoms with Gasteiger partial charge in [-0.05, 0) is 36.4 Å². The van der Waals surface area contributed by atoms with Crippen molar-refractivity contribution in [2.45, 2.75) is 4.90 Å². The van der Waals surface area contributed by atoms with E-state index in [1.54, 1.807) is 12.1 Å². The first-order valence-corrected chi connectivity index (χ1v) is 7.63. The van der Waals surface area contributed by atoms with Crippen molar-refractivity contribution in [2.24, 2.45) is 0 Å². The molecule has 0 aliphatic carbocycles. The molecule has 8 heteroatoms. The van der Waals surface area contributed by atoms with Gasteiger partial charge in [0.25, 0.3) is 10.0 Å². The number of hydrogen-bond acceptors (Lipinski definition) is 5. The Labute approximate surface area is 150 Å².